The summed E-state index contributed by atoms with van der Waals surface area (Å²) >= 11 is 0. The van der Waals surface area contributed by atoms with Crippen molar-refractivity contribution in [2.24, 2.45) is 7.05 Å². The molecule has 3 aromatic rings. The third-order valence-electron chi connectivity index (χ3n) is 3.96. The summed E-state index contributed by atoms with van der Waals surface area (Å²) in [4.78, 5) is 22.8. The number of hydrogen-bond donors (Lipinski definition) is 1. The summed E-state index contributed by atoms with van der Waals surface area (Å²) in [7, 11) is 5.69. The van der Waals surface area contributed by atoms with Crippen LogP contribution in [0.1, 0.15) is 16.8 Å². The van der Waals surface area contributed by atoms with Gasteiger partial charge in [0.15, 0.2) is 5.82 Å². The zero-order valence-corrected chi connectivity index (χ0v) is 15.3. The number of anilines is 1. The molecule has 8 nitrogen and oxygen atoms in total. The minimum Gasteiger partial charge on any atom is -0.352 e. The quantitative estimate of drug-likeness (QED) is 0.652. The maximum Gasteiger partial charge on any atom is 0.251 e. The van der Waals surface area contributed by atoms with Gasteiger partial charge in [0.2, 0.25) is 5.95 Å². The van der Waals surface area contributed by atoms with Crippen LogP contribution in [0.4, 0.5) is 5.95 Å². The van der Waals surface area contributed by atoms with Gasteiger partial charge < -0.3 is 14.8 Å². The molecular formula is C18H23N7O. The monoisotopic (exact) mass is 353 g/mol. The van der Waals surface area contributed by atoms with Gasteiger partial charge in [0.05, 0.1) is 6.33 Å². The van der Waals surface area contributed by atoms with E-state index in [2.05, 4.69) is 20.4 Å². The van der Waals surface area contributed by atoms with Gasteiger partial charge in [-0.2, -0.15) is 4.98 Å². The van der Waals surface area contributed by atoms with Crippen molar-refractivity contribution in [2.45, 2.75) is 13.0 Å². The van der Waals surface area contributed by atoms with Gasteiger partial charge in [0.1, 0.15) is 0 Å². The van der Waals surface area contributed by atoms with Crippen LogP contribution >= 0.6 is 0 Å². The summed E-state index contributed by atoms with van der Waals surface area (Å²) in [6.07, 6.45) is 6.27. The molecule has 0 saturated carbocycles. The highest BCUT2D eigenvalue weighted by Gasteiger charge is 2.13. The van der Waals surface area contributed by atoms with Crippen LogP contribution in [0.15, 0.2) is 43.0 Å². The standard InChI is InChI=1S/C18H23N7O/c1-23(2)18-21-16(22-24(18)3)14-6-4-7-15(12-14)17(26)20-8-5-10-25-11-9-19-13-25/h4,6-7,9,11-13H,5,8,10H2,1-3H3,(H,20,26). The van der Waals surface area contributed by atoms with E-state index in [-0.39, 0.29) is 5.91 Å². The van der Waals surface area contributed by atoms with Crippen LogP contribution in [0.5, 0.6) is 0 Å². The summed E-state index contributed by atoms with van der Waals surface area (Å²) in [6.45, 7) is 1.43. The highest BCUT2D eigenvalue weighted by molar-refractivity contribution is 5.95. The molecule has 1 N–H and O–H groups in total. The summed E-state index contributed by atoms with van der Waals surface area (Å²) in [5.74, 6) is 1.27. The average molecular weight is 353 g/mol. The fourth-order valence-electron chi connectivity index (χ4n) is 2.67. The Kier molecular flexibility index (Phi) is 5.31. The molecule has 0 aliphatic rings. The molecule has 1 amide bonds. The summed E-state index contributed by atoms with van der Waals surface area (Å²) in [5, 5.41) is 7.38. The van der Waals surface area contributed by atoms with Crippen LogP contribution < -0.4 is 10.2 Å². The van der Waals surface area contributed by atoms with Crippen molar-refractivity contribution >= 4 is 11.9 Å². The molecule has 0 radical (unpaired) electrons. The fraction of sp³-hybridized carbons (Fsp3) is 0.333. The van der Waals surface area contributed by atoms with Crippen molar-refractivity contribution in [1.29, 1.82) is 0 Å². The van der Waals surface area contributed by atoms with E-state index in [1.165, 1.54) is 0 Å². The minimum atomic E-state index is -0.0961. The Balaban J connectivity index is 1.63. The maximum atomic E-state index is 12.4. The van der Waals surface area contributed by atoms with Crippen LogP contribution in [0.2, 0.25) is 0 Å². The molecule has 0 saturated heterocycles. The second-order valence-electron chi connectivity index (χ2n) is 6.24. The van der Waals surface area contributed by atoms with E-state index in [4.69, 9.17) is 0 Å². The first-order valence-corrected chi connectivity index (χ1v) is 8.47. The van der Waals surface area contributed by atoms with Gasteiger partial charge in [-0.3, -0.25) is 4.79 Å². The van der Waals surface area contributed by atoms with Gasteiger partial charge in [-0.1, -0.05) is 12.1 Å². The third-order valence-corrected chi connectivity index (χ3v) is 3.96. The first kappa shape index (κ1) is 17.7. The fourth-order valence-corrected chi connectivity index (χ4v) is 2.67. The molecule has 2 aromatic heterocycles. The van der Waals surface area contributed by atoms with E-state index in [1.54, 1.807) is 23.3 Å². The Bertz CT molecular complexity index is 868. The highest BCUT2D eigenvalue weighted by atomic mass is 16.1. The third kappa shape index (κ3) is 4.08. The van der Waals surface area contributed by atoms with Crippen molar-refractivity contribution in [3.63, 3.8) is 0 Å². The first-order valence-electron chi connectivity index (χ1n) is 8.47. The van der Waals surface area contributed by atoms with Gasteiger partial charge in [-0.15, -0.1) is 5.10 Å². The van der Waals surface area contributed by atoms with E-state index < -0.39 is 0 Å². The average Bonchev–Trinajstić information content (AvgIpc) is 3.28. The number of aromatic nitrogens is 5. The molecular weight excluding hydrogens is 330 g/mol. The molecule has 26 heavy (non-hydrogen) atoms. The summed E-state index contributed by atoms with van der Waals surface area (Å²) < 4.78 is 3.71. The van der Waals surface area contributed by atoms with Gasteiger partial charge in [-0.05, 0) is 18.6 Å². The summed E-state index contributed by atoms with van der Waals surface area (Å²) in [6, 6.07) is 7.37. The number of amides is 1. The predicted octanol–water partition coefficient (Wildman–Crippen LogP) is 1.56. The lowest BCUT2D eigenvalue weighted by Gasteiger charge is -2.08. The highest BCUT2D eigenvalue weighted by Crippen LogP contribution is 2.19. The molecule has 0 atom stereocenters. The minimum absolute atomic E-state index is 0.0961. The molecule has 1 aromatic carbocycles. The SMILES string of the molecule is CN(C)c1nc(-c2cccc(C(=O)NCCCn3ccnc3)c2)nn1C. The zero-order valence-electron chi connectivity index (χ0n) is 15.3. The van der Waals surface area contributed by atoms with Crippen LogP contribution in [0.25, 0.3) is 11.4 Å². The molecule has 2 heterocycles. The molecule has 0 unspecified atom stereocenters. The molecule has 0 aliphatic heterocycles. The Labute approximate surface area is 152 Å². The Hall–Kier alpha value is -3.16. The number of imidazole rings is 1. The van der Waals surface area contributed by atoms with Crippen molar-refractivity contribution in [3.05, 3.63) is 48.5 Å². The zero-order chi connectivity index (χ0) is 18.5. The number of nitrogens with one attached hydrogen (secondary N) is 1. The second kappa shape index (κ2) is 7.81. The van der Waals surface area contributed by atoms with E-state index >= 15 is 0 Å². The Morgan fingerprint density at radius 2 is 2.15 bits per heavy atom. The van der Waals surface area contributed by atoms with Crippen molar-refractivity contribution < 1.29 is 4.79 Å². The normalized spacial score (nSPS) is 10.7. The lowest BCUT2D eigenvalue weighted by molar-refractivity contribution is 0.0953. The lowest BCUT2D eigenvalue weighted by atomic mass is 10.1. The topological polar surface area (TPSA) is 80.9 Å². The van der Waals surface area contributed by atoms with Crippen LogP contribution in [-0.4, -0.2) is 50.9 Å². The number of aryl methyl sites for hydroxylation is 2. The number of carbonyl (C=O) groups is 1. The predicted molar refractivity (Wildman–Crippen MR) is 99.9 cm³/mol. The van der Waals surface area contributed by atoms with Gasteiger partial charge in [-0.25, -0.2) is 9.67 Å². The molecule has 0 fully saturated rings. The van der Waals surface area contributed by atoms with Gasteiger partial charge in [0.25, 0.3) is 5.91 Å². The van der Waals surface area contributed by atoms with Gasteiger partial charge >= 0.3 is 0 Å². The second-order valence-corrected chi connectivity index (χ2v) is 6.24. The van der Waals surface area contributed by atoms with Crippen molar-refractivity contribution in [2.75, 3.05) is 25.5 Å². The van der Waals surface area contributed by atoms with Crippen LogP contribution in [-0.2, 0) is 13.6 Å². The van der Waals surface area contributed by atoms with Crippen molar-refractivity contribution in [1.82, 2.24) is 29.6 Å². The molecule has 0 aliphatic carbocycles. The van der Waals surface area contributed by atoms with E-state index in [0.717, 1.165) is 24.5 Å². The Morgan fingerprint density at radius 1 is 1.31 bits per heavy atom. The van der Waals surface area contributed by atoms with E-state index in [1.807, 2.05) is 55.0 Å². The number of nitrogens with zero attached hydrogens (tertiary/aromatic N) is 6. The number of rotatable bonds is 7. The summed E-state index contributed by atoms with van der Waals surface area (Å²) in [5.41, 5.74) is 1.42. The lowest BCUT2D eigenvalue weighted by Crippen LogP contribution is -2.25. The smallest absolute Gasteiger partial charge is 0.251 e. The van der Waals surface area contributed by atoms with E-state index in [0.29, 0.717) is 17.9 Å². The largest absolute Gasteiger partial charge is 0.352 e. The number of hydrogen-bond acceptors (Lipinski definition) is 5. The molecule has 0 bridgehead atoms. The van der Waals surface area contributed by atoms with Crippen LogP contribution in [0, 0.1) is 0 Å². The molecule has 8 heteroatoms. The first-order chi connectivity index (χ1) is 12.5. The van der Waals surface area contributed by atoms with Crippen molar-refractivity contribution in [3.8, 4) is 11.4 Å². The molecule has 0 spiro atoms. The van der Waals surface area contributed by atoms with Gasteiger partial charge in [0, 0.05) is 57.8 Å². The number of benzene rings is 1. The molecule has 3 rings (SSSR count). The number of carbonyl (C=O) groups excluding carboxylic acids is 1. The van der Waals surface area contributed by atoms with E-state index in [9.17, 15) is 4.79 Å². The van der Waals surface area contributed by atoms with Crippen LogP contribution in [0.3, 0.4) is 0 Å². The molecule has 136 valence electrons. The Morgan fingerprint density at radius 3 is 2.85 bits per heavy atom. The maximum absolute atomic E-state index is 12.4.